The zero-order chi connectivity index (χ0) is 13.2. The van der Waals surface area contributed by atoms with Crippen molar-refractivity contribution in [2.24, 2.45) is 0 Å². The Bertz CT molecular complexity index is 539. The van der Waals surface area contributed by atoms with E-state index in [1.165, 1.54) is 10.5 Å². The molecule has 2 aromatic rings. The maximum absolute atomic E-state index is 4.55. The summed E-state index contributed by atoms with van der Waals surface area (Å²) in [6, 6.07) is 9.01. The molecule has 2 unspecified atom stereocenters. The first-order valence-electron chi connectivity index (χ1n) is 6.76. The van der Waals surface area contributed by atoms with Crippen LogP contribution in [-0.4, -0.2) is 21.8 Å². The number of hydrogen-bond acceptors (Lipinski definition) is 3. The van der Waals surface area contributed by atoms with Gasteiger partial charge in [0, 0.05) is 29.1 Å². The fourth-order valence-electron chi connectivity index (χ4n) is 2.74. The maximum Gasteiger partial charge on any atom is 0.126 e. The fraction of sp³-hybridized carbons (Fsp3) is 0.400. The van der Waals surface area contributed by atoms with Crippen LogP contribution in [0.3, 0.4) is 0 Å². The molecule has 0 amide bonds. The van der Waals surface area contributed by atoms with Crippen molar-refractivity contribution in [2.45, 2.75) is 36.1 Å². The third kappa shape index (κ3) is 2.30. The molecule has 0 spiro atoms. The van der Waals surface area contributed by atoms with Crippen LogP contribution in [0.25, 0.3) is 0 Å². The number of nitrogens with zero attached hydrogens (tertiary/aromatic N) is 2. The van der Waals surface area contributed by atoms with E-state index in [0.29, 0.717) is 11.3 Å². The molecule has 4 heteroatoms. The first-order valence-corrected chi connectivity index (χ1v) is 7.64. The summed E-state index contributed by atoms with van der Waals surface area (Å²) in [6.07, 6.45) is 5.07. The number of rotatable bonds is 4. The Hall–Kier alpha value is -1.26. The number of thioether (sulfide) groups is 1. The van der Waals surface area contributed by atoms with Gasteiger partial charge in [-0.15, -0.1) is 11.8 Å². The molecule has 1 N–H and O–H groups in total. The lowest BCUT2D eigenvalue weighted by molar-refractivity contribution is 0.508. The van der Waals surface area contributed by atoms with Gasteiger partial charge in [0.15, 0.2) is 0 Å². The second-order valence-corrected chi connectivity index (χ2v) is 6.09. The summed E-state index contributed by atoms with van der Waals surface area (Å²) in [4.78, 5) is 5.97. The number of fused-ring (bicyclic) bond motifs is 1. The molecule has 1 aromatic carbocycles. The van der Waals surface area contributed by atoms with E-state index < -0.39 is 0 Å². The lowest BCUT2D eigenvalue weighted by Gasteiger charge is -2.22. The number of aromatic nitrogens is 2. The molecule has 0 fully saturated rings. The molecule has 100 valence electrons. The quantitative estimate of drug-likeness (QED) is 0.929. The van der Waals surface area contributed by atoms with Crippen molar-refractivity contribution < 1.29 is 0 Å². The van der Waals surface area contributed by atoms with Crippen molar-refractivity contribution in [3.05, 3.63) is 48.0 Å². The topological polar surface area (TPSA) is 29.9 Å². The lowest BCUT2D eigenvalue weighted by atomic mass is 10.0. The van der Waals surface area contributed by atoms with Crippen LogP contribution in [0.4, 0.5) is 0 Å². The molecule has 0 radical (unpaired) electrons. The van der Waals surface area contributed by atoms with Crippen molar-refractivity contribution in [1.82, 2.24) is 14.9 Å². The fourth-order valence-corrected chi connectivity index (χ4v) is 4.19. The largest absolute Gasteiger partial charge is 0.334 e. The molecule has 3 nitrogen and oxygen atoms in total. The van der Waals surface area contributed by atoms with Gasteiger partial charge in [-0.1, -0.05) is 18.2 Å². The summed E-state index contributed by atoms with van der Waals surface area (Å²) in [5, 5.41) is 3.98. The Morgan fingerprint density at radius 2 is 2.32 bits per heavy atom. The molecule has 1 aromatic heterocycles. The SMILES string of the molecule is CCn1ccnc1C(NC)C1Cc2ccccc2S1. The second kappa shape index (κ2) is 5.39. The molecule has 19 heavy (non-hydrogen) atoms. The van der Waals surface area contributed by atoms with Gasteiger partial charge in [-0.2, -0.15) is 0 Å². The predicted octanol–water partition coefficient (Wildman–Crippen LogP) is 2.88. The minimum Gasteiger partial charge on any atom is -0.334 e. The molecule has 3 rings (SSSR count). The van der Waals surface area contributed by atoms with E-state index >= 15 is 0 Å². The van der Waals surface area contributed by atoms with Gasteiger partial charge < -0.3 is 9.88 Å². The van der Waals surface area contributed by atoms with E-state index in [9.17, 15) is 0 Å². The Morgan fingerprint density at radius 1 is 1.47 bits per heavy atom. The lowest BCUT2D eigenvalue weighted by Crippen LogP contribution is -2.29. The van der Waals surface area contributed by atoms with Crippen LogP contribution in [0.2, 0.25) is 0 Å². The van der Waals surface area contributed by atoms with Gasteiger partial charge in [0.25, 0.3) is 0 Å². The summed E-state index contributed by atoms with van der Waals surface area (Å²) < 4.78 is 2.23. The Balaban J connectivity index is 1.86. The van der Waals surface area contributed by atoms with E-state index in [1.54, 1.807) is 0 Å². The molecule has 1 aliphatic heterocycles. The van der Waals surface area contributed by atoms with Crippen LogP contribution in [0.15, 0.2) is 41.6 Å². The van der Waals surface area contributed by atoms with Crippen molar-refractivity contribution in [3.63, 3.8) is 0 Å². The number of benzene rings is 1. The molecule has 0 saturated carbocycles. The molecular weight excluding hydrogens is 254 g/mol. The normalized spacial score (nSPS) is 19.4. The maximum atomic E-state index is 4.55. The van der Waals surface area contributed by atoms with Crippen LogP contribution in [0.5, 0.6) is 0 Å². The highest BCUT2D eigenvalue weighted by molar-refractivity contribution is 8.00. The van der Waals surface area contributed by atoms with Crippen molar-refractivity contribution in [2.75, 3.05) is 7.05 Å². The highest BCUT2D eigenvalue weighted by atomic mass is 32.2. The summed E-state index contributed by atoms with van der Waals surface area (Å²) in [7, 11) is 2.03. The predicted molar refractivity (Wildman–Crippen MR) is 79.5 cm³/mol. The smallest absolute Gasteiger partial charge is 0.126 e. The van der Waals surface area contributed by atoms with Crippen molar-refractivity contribution >= 4 is 11.8 Å². The Morgan fingerprint density at radius 3 is 3.05 bits per heavy atom. The third-order valence-electron chi connectivity index (χ3n) is 3.72. The first kappa shape index (κ1) is 12.8. The van der Waals surface area contributed by atoms with Crippen LogP contribution < -0.4 is 5.32 Å². The summed E-state index contributed by atoms with van der Waals surface area (Å²) in [5.41, 5.74) is 1.47. The minimum atomic E-state index is 0.298. The van der Waals surface area contributed by atoms with Crippen LogP contribution >= 0.6 is 11.8 Å². The van der Waals surface area contributed by atoms with Crippen molar-refractivity contribution in [1.29, 1.82) is 0 Å². The Labute approximate surface area is 118 Å². The molecule has 2 atom stereocenters. The highest BCUT2D eigenvalue weighted by Gasteiger charge is 2.31. The van der Waals surface area contributed by atoms with E-state index in [1.807, 2.05) is 25.0 Å². The Kier molecular flexibility index (Phi) is 3.62. The van der Waals surface area contributed by atoms with Gasteiger partial charge in [-0.3, -0.25) is 0 Å². The van der Waals surface area contributed by atoms with Gasteiger partial charge in [0.1, 0.15) is 5.82 Å². The summed E-state index contributed by atoms with van der Waals surface area (Å²) >= 11 is 1.97. The van der Waals surface area contributed by atoms with E-state index in [-0.39, 0.29) is 0 Å². The van der Waals surface area contributed by atoms with E-state index in [2.05, 4.69) is 52.3 Å². The molecular formula is C15H19N3S. The number of nitrogens with one attached hydrogen (secondary N) is 1. The molecule has 0 saturated heterocycles. The zero-order valence-corrected chi connectivity index (χ0v) is 12.2. The van der Waals surface area contributed by atoms with Gasteiger partial charge in [-0.25, -0.2) is 4.98 Å². The summed E-state index contributed by atoms with van der Waals surface area (Å²) in [6.45, 7) is 3.13. The number of hydrogen-bond donors (Lipinski definition) is 1. The molecule has 1 aliphatic rings. The molecule has 2 heterocycles. The van der Waals surface area contributed by atoms with E-state index in [4.69, 9.17) is 0 Å². The highest BCUT2D eigenvalue weighted by Crippen LogP contribution is 2.42. The summed E-state index contributed by atoms with van der Waals surface area (Å²) in [5.74, 6) is 1.15. The van der Waals surface area contributed by atoms with Gasteiger partial charge in [0.2, 0.25) is 0 Å². The van der Waals surface area contributed by atoms with Gasteiger partial charge >= 0.3 is 0 Å². The average Bonchev–Trinajstić information content (AvgIpc) is 3.05. The van der Waals surface area contributed by atoms with Crippen molar-refractivity contribution in [3.8, 4) is 0 Å². The number of imidazole rings is 1. The monoisotopic (exact) mass is 273 g/mol. The zero-order valence-electron chi connectivity index (χ0n) is 11.3. The second-order valence-electron chi connectivity index (χ2n) is 4.81. The van der Waals surface area contributed by atoms with Gasteiger partial charge in [0.05, 0.1) is 6.04 Å². The standard InChI is InChI=1S/C15H19N3S/c1-3-18-9-8-17-15(18)14(16-2)13-10-11-6-4-5-7-12(11)19-13/h4-9,13-14,16H,3,10H2,1-2H3. The van der Waals surface area contributed by atoms with Gasteiger partial charge in [-0.05, 0) is 32.0 Å². The van der Waals surface area contributed by atoms with E-state index in [0.717, 1.165) is 18.8 Å². The molecule has 0 bridgehead atoms. The minimum absolute atomic E-state index is 0.298. The third-order valence-corrected chi connectivity index (χ3v) is 5.12. The molecule has 0 aliphatic carbocycles. The van der Waals surface area contributed by atoms with Crippen LogP contribution in [-0.2, 0) is 13.0 Å². The number of aryl methyl sites for hydroxylation is 1. The van der Waals surface area contributed by atoms with Crippen LogP contribution in [0, 0.1) is 0 Å². The van der Waals surface area contributed by atoms with Crippen LogP contribution in [0.1, 0.15) is 24.4 Å². The average molecular weight is 273 g/mol. The first-order chi connectivity index (χ1) is 9.33.